The second-order valence-corrected chi connectivity index (χ2v) is 6.16. The van der Waals surface area contributed by atoms with Crippen LogP contribution in [0.2, 0.25) is 0 Å². The summed E-state index contributed by atoms with van der Waals surface area (Å²) < 4.78 is 70.7. The van der Waals surface area contributed by atoms with Gasteiger partial charge in [-0.15, -0.1) is 5.10 Å². The standard InChI is InChI=1S/C18H10F4N4O3S/c19-11-6-12(20)15(22)16(14(11)21)28-8-10-4-3-9(29-10)7-23-26-17(24-25-18(26)30)13-2-1-5-27-13/h1-7H,8H2,(H,25,30)/b23-7-. The van der Waals surface area contributed by atoms with Crippen LogP contribution in [0.4, 0.5) is 17.6 Å². The van der Waals surface area contributed by atoms with Crippen molar-refractivity contribution in [3.63, 3.8) is 0 Å². The van der Waals surface area contributed by atoms with Crippen molar-refractivity contribution in [3.8, 4) is 17.3 Å². The fourth-order valence-corrected chi connectivity index (χ4v) is 2.62. The largest absolute Gasteiger partial charge is 0.479 e. The van der Waals surface area contributed by atoms with Gasteiger partial charge in [0.2, 0.25) is 22.2 Å². The molecule has 0 saturated heterocycles. The number of hydrogen-bond donors (Lipinski definition) is 1. The number of ether oxygens (including phenoxy) is 1. The van der Waals surface area contributed by atoms with Gasteiger partial charge in [-0.25, -0.2) is 13.9 Å². The lowest BCUT2D eigenvalue weighted by Gasteiger charge is -2.08. The van der Waals surface area contributed by atoms with Gasteiger partial charge in [0.1, 0.15) is 18.1 Å². The maximum Gasteiger partial charge on any atom is 0.219 e. The van der Waals surface area contributed by atoms with E-state index < -0.39 is 35.6 Å². The fraction of sp³-hybridized carbons (Fsp3) is 0.0556. The Kier molecular flexibility index (Phi) is 5.23. The molecule has 154 valence electrons. The van der Waals surface area contributed by atoms with Crippen LogP contribution in [0.25, 0.3) is 11.6 Å². The predicted octanol–water partition coefficient (Wildman–Crippen LogP) is 4.81. The molecule has 4 aromatic rings. The number of furan rings is 2. The Balaban J connectivity index is 1.50. The SMILES string of the molecule is Fc1cc(F)c(F)c(OCc2ccc(/C=N\n3c(-c4ccco4)n[nH]c3=S)o2)c1F. The lowest BCUT2D eigenvalue weighted by atomic mass is 10.3. The highest BCUT2D eigenvalue weighted by molar-refractivity contribution is 7.71. The van der Waals surface area contributed by atoms with E-state index in [0.29, 0.717) is 11.6 Å². The van der Waals surface area contributed by atoms with Crippen LogP contribution in [0.15, 0.2) is 50.5 Å². The molecule has 30 heavy (non-hydrogen) atoms. The van der Waals surface area contributed by atoms with Gasteiger partial charge in [-0.1, -0.05) is 0 Å². The highest BCUT2D eigenvalue weighted by Crippen LogP contribution is 2.27. The summed E-state index contributed by atoms with van der Waals surface area (Å²) in [5, 5.41) is 10.8. The lowest BCUT2D eigenvalue weighted by molar-refractivity contribution is 0.237. The molecule has 0 atom stereocenters. The number of benzene rings is 1. The Bertz CT molecular complexity index is 1250. The van der Waals surface area contributed by atoms with Crippen molar-refractivity contribution >= 4 is 18.4 Å². The van der Waals surface area contributed by atoms with Gasteiger partial charge in [-0.3, -0.25) is 0 Å². The number of aromatic nitrogens is 3. The molecule has 0 aliphatic rings. The van der Waals surface area contributed by atoms with Gasteiger partial charge in [0.05, 0.1) is 12.5 Å². The first-order valence-corrected chi connectivity index (χ1v) is 8.65. The highest BCUT2D eigenvalue weighted by atomic mass is 32.1. The number of hydrogen-bond acceptors (Lipinski definition) is 6. The number of aromatic amines is 1. The third kappa shape index (κ3) is 3.76. The summed E-state index contributed by atoms with van der Waals surface area (Å²) >= 11 is 5.12. The average molecular weight is 438 g/mol. The van der Waals surface area contributed by atoms with Gasteiger partial charge in [-0.05, 0) is 36.5 Å². The maximum absolute atomic E-state index is 13.6. The second kappa shape index (κ2) is 7.99. The second-order valence-electron chi connectivity index (χ2n) is 5.78. The van der Waals surface area contributed by atoms with Gasteiger partial charge in [0.15, 0.2) is 23.1 Å². The average Bonchev–Trinajstić information content (AvgIpc) is 3.46. The van der Waals surface area contributed by atoms with Crippen LogP contribution in [0.1, 0.15) is 11.5 Å². The van der Waals surface area contributed by atoms with E-state index >= 15 is 0 Å². The molecule has 7 nitrogen and oxygen atoms in total. The molecule has 1 N–H and O–H groups in total. The van der Waals surface area contributed by atoms with Crippen LogP contribution >= 0.6 is 12.2 Å². The van der Waals surface area contributed by atoms with E-state index in [2.05, 4.69) is 15.3 Å². The van der Waals surface area contributed by atoms with Crippen LogP contribution in [-0.2, 0) is 6.61 Å². The van der Waals surface area contributed by atoms with Crippen molar-refractivity contribution in [2.75, 3.05) is 0 Å². The molecular weight excluding hydrogens is 428 g/mol. The third-order valence-corrected chi connectivity index (χ3v) is 4.07. The van der Waals surface area contributed by atoms with Gasteiger partial charge in [0, 0.05) is 6.07 Å². The molecule has 0 fully saturated rings. The quantitative estimate of drug-likeness (QED) is 0.202. The first-order chi connectivity index (χ1) is 14.4. The maximum atomic E-state index is 13.6. The summed E-state index contributed by atoms with van der Waals surface area (Å²) in [6, 6.07) is 6.38. The Morgan fingerprint density at radius 1 is 1.17 bits per heavy atom. The summed E-state index contributed by atoms with van der Waals surface area (Å²) in [7, 11) is 0. The summed E-state index contributed by atoms with van der Waals surface area (Å²) in [4.78, 5) is 0. The molecule has 0 radical (unpaired) electrons. The molecule has 12 heteroatoms. The molecule has 1 aromatic carbocycles. The normalized spacial score (nSPS) is 11.5. The van der Waals surface area contributed by atoms with E-state index in [1.165, 1.54) is 29.3 Å². The minimum atomic E-state index is -1.64. The van der Waals surface area contributed by atoms with Crippen molar-refractivity contribution in [3.05, 3.63) is 76.2 Å². The van der Waals surface area contributed by atoms with E-state index in [9.17, 15) is 17.6 Å². The van der Waals surface area contributed by atoms with Crippen molar-refractivity contribution in [2.24, 2.45) is 5.10 Å². The van der Waals surface area contributed by atoms with Crippen LogP contribution < -0.4 is 4.74 Å². The zero-order valence-corrected chi connectivity index (χ0v) is 15.6. The molecule has 4 rings (SSSR count). The molecule has 0 unspecified atom stereocenters. The van der Waals surface area contributed by atoms with Gasteiger partial charge < -0.3 is 13.6 Å². The number of H-pyrrole nitrogens is 1. The first-order valence-electron chi connectivity index (χ1n) is 8.24. The zero-order chi connectivity index (χ0) is 21.3. The molecule has 0 spiro atoms. The predicted molar refractivity (Wildman–Crippen MR) is 97.4 cm³/mol. The number of halogens is 4. The number of nitrogens with one attached hydrogen (secondary N) is 1. The molecule has 0 bridgehead atoms. The van der Waals surface area contributed by atoms with E-state index in [-0.39, 0.29) is 22.4 Å². The summed E-state index contributed by atoms with van der Waals surface area (Å²) in [6.07, 6.45) is 2.78. The number of nitrogens with zero attached hydrogens (tertiary/aromatic N) is 3. The van der Waals surface area contributed by atoms with E-state index in [4.69, 9.17) is 25.8 Å². The monoisotopic (exact) mass is 438 g/mol. The van der Waals surface area contributed by atoms with Gasteiger partial charge >= 0.3 is 0 Å². The number of rotatable bonds is 6. The van der Waals surface area contributed by atoms with E-state index in [1.54, 1.807) is 12.1 Å². The summed E-state index contributed by atoms with van der Waals surface area (Å²) in [5.41, 5.74) is 0. The Morgan fingerprint density at radius 2 is 1.93 bits per heavy atom. The minimum Gasteiger partial charge on any atom is -0.479 e. The Labute approximate surface area is 170 Å². The minimum absolute atomic E-state index is 0.0942. The highest BCUT2D eigenvalue weighted by Gasteiger charge is 2.21. The van der Waals surface area contributed by atoms with Crippen LogP contribution in [0.3, 0.4) is 0 Å². The molecule has 0 saturated carbocycles. The smallest absolute Gasteiger partial charge is 0.219 e. The third-order valence-electron chi connectivity index (χ3n) is 3.81. The zero-order valence-electron chi connectivity index (χ0n) is 14.7. The Morgan fingerprint density at radius 3 is 2.63 bits per heavy atom. The molecule has 3 aromatic heterocycles. The van der Waals surface area contributed by atoms with Crippen LogP contribution in [-0.4, -0.2) is 21.1 Å². The topological polar surface area (TPSA) is 81.5 Å². The van der Waals surface area contributed by atoms with E-state index in [1.807, 2.05) is 0 Å². The summed E-state index contributed by atoms with van der Waals surface area (Å²) in [5.74, 6) is -6.46. The molecule has 0 aliphatic carbocycles. The fourth-order valence-electron chi connectivity index (χ4n) is 2.44. The van der Waals surface area contributed by atoms with Crippen molar-refractivity contribution in [2.45, 2.75) is 6.61 Å². The molecule has 3 heterocycles. The van der Waals surface area contributed by atoms with Crippen molar-refractivity contribution in [1.29, 1.82) is 0 Å². The first kappa shape index (κ1) is 19.6. The van der Waals surface area contributed by atoms with Crippen molar-refractivity contribution < 1.29 is 31.1 Å². The molecule has 0 amide bonds. The lowest BCUT2D eigenvalue weighted by Crippen LogP contribution is -2.03. The molecular formula is C18H10F4N4O3S. The van der Waals surface area contributed by atoms with E-state index in [0.717, 1.165) is 0 Å². The van der Waals surface area contributed by atoms with Crippen molar-refractivity contribution in [1.82, 2.24) is 14.9 Å². The molecule has 0 aliphatic heterocycles. The Hall–Kier alpha value is -3.67. The van der Waals surface area contributed by atoms with Crippen LogP contribution in [0.5, 0.6) is 5.75 Å². The van der Waals surface area contributed by atoms with Gasteiger partial charge in [0.25, 0.3) is 0 Å². The summed E-state index contributed by atoms with van der Waals surface area (Å²) in [6.45, 7) is -0.479. The van der Waals surface area contributed by atoms with Gasteiger partial charge in [-0.2, -0.15) is 18.6 Å². The van der Waals surface area contributed by atoms with Crippen LogP contribution in [0, 0.1) is 28.0 Å².